The molecular formula is C30H25Cl3N4O2S. The molecular weight excluding hydrogens is 587 g/mol. The second-order valence-corrected chi connectivity index (χ2v) is 12.8. The molecule has 0 spiro atoms. The Bertz CT molecular complexity index is 1780. The van der Waals surface area contributed by atoms with Crippen LogP contribution in [0.3, 0.4) is 0 Å². The molecule has 0 N–H and O–H groups in total. The molecule has 40 heavy (non-hydrogen) atoms. The van der Waals surface area contributed by atoms with Crippen LogP contribution in [-0.4, -0.2) is 53.2 Å². The van der Waals surface area contributed by atoms with Gasteiger partial charge in [0.2, 0.25) is 10.0 Å². The first-order valence-electron chi connectivity index (χ1n) is 12.8. The Balaban J connectivity index is 1.31. The number of piperazine rings is 1. The van der Waals surface area contributed by atoms with Gasteiger partial charge in [0.25, 0.3) is 0 Å². The fraction of sp³-hybridized carbons (Fsp3) is 0.167. The zero-order valence-electron chi connectivity index (χ0n) is 21.3. The number of hydrogen-bond donors (Lipinski definition) is 0. The zero-order chi connectivity index (χ0) is 27.9. The highest BCUT2D eigenvalue weighted by Crippen LogP contribution is 2.32. The van der Waals surface area contributed by atoms with Crippen LogP contribution in [0.15, 0.2) is 96.0 Å². The highest BCUT2D eigenvalue weighted by Gasteiger charge is 2.31. The quantitative estimate of drug-likeness (QED) is 0.205. The summed E-state index contributed by atoms with van der Waals surface area (Å²) in [5.41, 5.74) is 5.93. The van der Waals surface area contributed by atoms with Crippen LogP contribution in [0.5, 0.6) is 0 Å². The maximum Gasteiger partial charge on any atom is 0.244 e. The van der Waals surface area contributed by atoms with Crippen molar-refractivity contribution >= 4 is 50.5 Å². The van der Waals surface area contributed by atoms with Crippen molar-refractivity contribution in [1.29, 1.82) is 0 Å². The molecule has 0 amide bonds. The highest BCUT2D eigenvalue weighted by molar-refractivity contribution is 7.89. The lowest BCUT2D eigenvalue weighted by atomic mass is 10.1. The van der Waals surface area contributed by atoms with E-state index in [9.17, 15) is 8.42 Å². The summed E-state index contributed by atoms with van der Waals surface area (Å²) < 4.78 is 30.3. The van der Waals surface area contributed by atoms with Crippen LogP contribution in [0.25, 0.3) is 28.0 Å². The SMILES string of the molecule is O=S(=O)(c1cccc(Cl)c1Cl)N1CCN(Cc2c(-c3ccc(Cl)cc3)nc3ccc(-c4ccccc4)cn23)CC1. The minimum absolute atomic E-state index is 0.0374. The summed E-state index contributed by atoms with van der Waals surface area (Å²) in [6, 6.07) is 26.7. The lowest BCUT2D eigenvalue weighted by molar-refractivity contribution is 0.180. The normalized spacial score (nSPS) is 15.1. The summed E-state index contributed by atoms with van der Waals surface area (Å²) in [6.45, 7) is 2.40. The van der Waals surface area contributed by atoms with Crippen molar-refractivity contribution in [3.63, 3.8) is 0 Å². The van der Waals surface area contributed by atoms with Gasteiger partial charge in [0.05, 0.1) is 21.4 Å². The molecule has 204 valence electrons. The molecule has 0 radical (unpaired) electrons. The monoisotopic (exact) mass is 610 g/mol. The predicted molar refractivity (Wildman–Crippen MR) is 162 cm³/mol. The number of sulfonamides is 1. The third-order valence-electron chi connectivity index (χ3n) is 7.18. The Morgan fingerprint density at radius 2 is 1.43 bits per heavy atom. The number of halogens is 3. The first-order chi connectivity index (χ1) is 19.3. The second kappa shape index (κ2) is 11.2. The molecule has 1 saturated heterocycles. The van der Waals surface area contributed by atoms with Crippen LogP contribution in [0.2, 0.25) is 15.1 Å². The number of nitrogens with zero attached hydrogens (tertiary/aromatic N) is 4. The molecule has 3 heterocycles. The average Bonchev–Trinajstić information content (AvgIpc) is 3.33. The van der Waals surface area contributed by atoms with E-state index in [1.54, 1.807) is 12.1 Å². The molecule has 2 aromatic heterocycles. The molecule has 10 heteroatoms. The Labute approximate surface area is 248 Å². The molecule has 1 fully saturated rings. The summed E-state index contributed by atoms with van der Waals surface area (Å²) in [4.78, 5) is 7.28. The maximum atomic E-state index is 13.3. The van der Waals surface area contributed by atoms with Crippen molar-refractivity contribution in [2.45, 2.75) is 11.4 Å². The summed E-state index contributed by atoms with van der Waals surface area (Å²) in [5, 5.41) is 0.940. The van der Waals surface area contributed by atoms with Gasteiger partial charge in [-0.2, -0.15) is 4.31 Å². The fourth-order valence-corrected chi connectivity index (χ4v) is 7.33. The van der Waals surface area contributed by atoms with E-state index in [-0.39, 0.29) is 14.9 Å². The van der Waals surface area contributed by atoms with Crippen LogP contribution >= 0.6 is 34.8 Å². The van der Waals surface area contributed by atoms with E-state index in [0.717, 1.165) is 33.7 Å². The third kappa shape index (κ3) is 5.26. The summed E-state index contributed by atoms with van der Waals surface area (Å²) in [6.07, 6.45) is 2.12. The van der Waals surface area contributed by atoms with Crippen LogP contribution in [-0.2, 0) is 16.6 Å². The fourth-order valence-electron chi connectivity index (χ4n) is 5.05. The van der Waals surface area contributed by atoms with E-state index < -0.39 is 10.0 Å². The summed E-state index contributed by atoms with van der Waals surface area (Å²) in [5.74, 6) is 0. The number of fused-ring (bicyclic) bond motifs is 1. The predicted octanol–water partition coefficient (Wildman–Crippen LogP) is 7.14. The van der Waals surface area contributed by atoms with E-state index in [4.69, 9.17) is 39.8 Å². The van der Waals surface area contributed by atoms with Gasteiger partial charge in [0.15, 0.2) is 0 Å². The first kappa shape index (κ1) is 27.3. The van der Waals surface area contributed by atoms with Gasteiger partial charge in [-0.15, -0.1) is 0 Å². The highest BCUT2D eigenvalue weighted by atomic mass is 35.5. The average molecular weight is 612 g/mol. The van der Waals surface area contributed by atoms with Crippen molar-refractivity contribution in [1.82, 2.24) is 18.6 Å². The zero-order valence-corrected chi connectivity index (χ0v) is 24.4. The second-order valence-electron chi connectivity index (χ2n) is 9.66. The number of rotatable bonds is 6. The minimum Gasteiger partial charge on any atom is -0.301 e. The lowest BCUT2D eigenvalue weighted by Gasteiger charge is -2.34. The van der Waals surface area contributed by atoms with Crippen LogP contribution in [0.1, 0.15) is 5.69 Å². The van der Waals surface area contributed by atoms with Crippen molar-refractivity contribution in [2.24, 2.45) is 0 Å². The van der Waals surface area contributed by atoms with Crippen molar-refractivity contribution in [3.8, 4) is 22.4 Å². The third-order valence-corrected chi connectivity index (χ3v) is 10.3. The summed E-state index contributed by atoms with van der Waals surface area (Å²) >= 11 is 18.5. The number of imidazole rings is 1. The molecule has 0 unspecified atom stereocenters. The van der Waals surface area contributed by atoms with Gasteiger partial charge in [-0.25, -0.2) is 13.4 Å². The minimum atomic E-state index is -3.77. The van der Waals surface area contributed by atoms with E-state index in [1.165, 1.54) is 10.4 Å². The molecule has 5 aromatic rings. The van der Waals surface area contributed by atoms with Crippen LogP contribution < -0.4 is 0 Å². The molecule has 0 saturated carbocycles. The topological polar surface area (TPSA) is 57.9 Å². The molecule has 6 nitrogen and oxygen atoms in total. The maximum absolute atomic E-state index is 13.3. The number of hydrogen-bond acceptors (Lipinski definition) is 4. The van der Waals surface area contributed by atoms with Gasteiger partial charge in [-0.05, 0) is 47.5 Å². The van der Waals surface area contributed by atoms with Gasteiger partial charge < -0.3 is 4.40 Å². The van der Waals surface area contributed by atoms with Gasteiger partial charge in [0, 0.05) is 49.5 Å². The van der Waals surface area contributed by atoms with Crippen LogP contribution in [0, 0.1) is 0 Å². The molecule has 0 bridgehead atoms. The number of aromatic nitrogens is 2. The Morgan fingerprint density at radius 1 is 0.725 bits per heavy atom. The van der Waals surface area contributed by atoms with E-state index >= 15 is 0 Å². The molecule has 3 aromatic carbocycles. The van der Waals surface area contributed by atoms with Crippen LogP contribution in [0.4, 0.5) is 0 Å². The molecule has 6 rings (SSSR count). The first-order valence-corrected chi connectivity index (χ1v) is 15.4. The van der Waals surface area contributed by atoms with Gasteiger partial charge >= 0.3 is 0 Å². The van der Waals surface area contributed by atoms with E-state index in [2.05, 4.69) is 33.7 Å². The molecule has 1 aliphatic heterocycles. The largest absolute Gasteiger partial charge is 0.301 e. The van der Waals surface area contributed by atoms with E-state index in [0.29, 0.717) is 37.7 Å². The lowest BCUT2D eigenvalue weighted by Crippen LogP contribution is -2.48. The van der Waals surface area contributed by atoms with Gasteiger partial charge in [-0.1, -0.05) is 83.3 Å². The number of pyridine rings is 1. The standard InChI is InChI=1S/C30H25Cl3N4O2S/c31-24-12-9-22(10-13-24)30-26(37-19-23(11-14-28(37)34-30)21-5-2-1-3-6-21)20-35-15-17-36(18-16-35)40(38,39)27-8-4-7-25(32)29(27)33/h1-14,19H,15-18,20H2. The van der Waals surface area contributed by atoms with E-state index in [1.807, 2.05) is 48.5 Å². The smallest absolute Gasteiger partial charge is 0.244 e. The Morgan fingerprint density at radius 3 is 2.15 bits per heavy atom. The molecule has 1 aliphatic rings. The molecule has 0 atom stereocenters. The van der Waals surface area contributed by atoms with Gasteiger partial charge in [-0.3, -0.25) is 4.90 Å². The Kier molecular flexibility index (Phi) is 7.61. The van der Waals surface area contributed by atoms with Crippen molar-refractivity contribution in [2.75, 3.05) is 26.2 Å². The summed E-state index contributed by atoms with van der Waals surface area (Å²) in [7, 11) is -3.77. The van der Waals surface area contributed by atoms with Crippen molar-refractivity contribution in [3.05, 3.63) is 112 Å². The Hall–Kier alpha value is -2.91. The van der Waals surface area contributed by atoms with Crippen molar-refractivity contribution < 1.29 is 8.42 Å². The molecule has 0 aliphatic carbocycles. The number of benzene rings is 3. The van der Waals surface area contributed by atoms with Gasteiger partial charge in [0.1, 0.15) is 10.5 Å².